The molecule has 0 bridgehead atoms. The second-order valence-corrected chi connectivity index (χ2v) is 8.19. The van der Waals surface area contributed by atoms with Crippen LogP contribution >= 0.6 is 15.9 Å². The maximum atomic E-state index is 10.8. The molecule has 0 aliphatic carbocycles. The minimum Gasteiger partial charge on any atom is -0.506 e. The van der Waals surface area contributed by atoms with Gasteiger partial charge in [0.15, 0.2) is 0 Å². The van der Waals surface area contributed by atoms with Crippen molar-refractivity contribution < 1.29 is 5.11 Å². The standard InChI is InChI=1S/C24H25BrO/c1-15(2)18-9-5-7-11-20(18)17-13-22(24(26)23(25)14-17)21-12-8-6-10-19(21)16(3)4/h5-16,26H,1-4H3. The minimum atomic E-state index is 0.295. The predicted molar refractivity (Wildman–Crippen MR) is 115 cm³/mol. The van der Waals surface area contributed by atoms with Crippen LogP contribution in [0.4, 0.5) is 0 Å². The van der Waals surface area contributed by atoms with Crippen molar-refractivity contribution in [3.05, 3.63) is 76.3 Å². The Morgan fingerprint density at radius 2 is 1.19 bits per heavy atom. The second-order valence-electron chi connectivity index (χ2n) is 7.34. The van der Waals surface area contributed by atoms with E-state index in [2.05, 4.69) is 92.2 Å². The molecule has 0 amide bonds. The van der Waals surface area contributed by atoms with Gasteiger partial charge in [0.25, 0.3) is 0 Å². The van der Waals surface area contributed by atoms with E-state index >= 15 is 0 Å². The second kappa shape index (κ2) is 7.67. The Morgan fingerprint density at radius 3 is 1.77 bits per heavy atom. The van der Waals surface area contributed by atoms with E-state index in [1.807, 2.05) is 12.1 Å². The molecular weight excluding hydrogens is 384 g/mol. The number of halogens is 1. The lowest BCUT2D eigenvalue weighted by atomic mass is 9.88. The van der Waals surface area contributed by atoms with Gasteiger partial charge in [-0.05, 0) is 67.7 Å². The molecule has 2 heteroatoms. The highest BCUT2D eigenvalue weighted by Gasteiger charge is 2.17. The van der Waals surface area contributed by atoms with Crippen molar-refractivity contribution in [2.45, 2.75) is 39.5 Å². The molecule has 0 fully saturated rings. The molecule has 0 radical (unpaired) electrons. The van der Waals surface area contributed by atoms with Gasteiger partial charge in [-0.1, -0.05) is 76.2 Å². The zero-order valence-corrected chi connectivity index (χ0v) is 17.3. The van der Waals surface area contributed by atoms with Crippen LogP contribution in [-0.2, 0) is 0 Å². The first kappa shape index (κ1) is 18.7. The fraction of sp³-hybridized carbons (Fsp3) is 0.250. The number of phenolic OH excluding ortho intramolecular Hbond substituents is 1. The maximum Gasteiger partial charge on any atom is 0.137 e. The van der Waals surface area contributed by atoms with Gasteiger partial charge in [0, 0.05) is 5.56 Å². The Kier molecular flexibility index (Phi) is 5.52. The number of aromatic hydroxyl groups is 1. The Hall–Kier alpha value is -2.06. The highest BCUT2D eigenvalue weighted by molar-refractivity contribution is 9.10. The highest BCUT2D eigenvalue weighted by Crippen LogP contribution is 2.43. The molecule has 0 aliphatic rings. The molecule has 3 aromatic carbocycles. The van der Waals surface area contributed by atoms with Crippen molar-refractivity contribution in [3.8, 4) is 28.0 Å². The summed E-state index contributed by atoms with van der Waals surface area (Å²) in [5, 5.41) is 10.8. The summed E-state index contributed by atoms with van der Waals surface area (Å²) in [6, 6.07) is 20.9. The molecule has 134 valence electrons. The molecule has 0 saturated carbocycles. The van der Waals surface area contributed by atoms with Crippen molar-refractivity contribution in [3.63, 3.8) is 0 Å². The molecular formula is C24H25BrO. The number of rotatable bonds is 4. The Labute approximate surface area is 164 Å². The number of benzene rings is 3. The molecule has 0 aromatic heterocycles. The van der Waals surface area contributed by atoms with Crippen LogP contribution in [0.15, 0.2) is 65.1 Å². The van der Waals surface area contributed by atoms with Crippen molar-refractivity contribution in [2.75, 3.05) is 0 Å². The molecule has 0 saturated heterocycles. The van der Waals surface area contributed by atoms with Crippen molar-refractivity contribution >= 4 is 15.9 Å². The summed E-state index contributed by atoms with van der Waals surface area (Å²) in [6.07, 6.45) is 0. The number of phenols is 1. The monoisotopic (exact) mass is 408 g/mol. The van der Waals surface area contributed by atoms with Crippen LogP contribution in [0, 0.1) is 0 Å². The highest BCUT2D eigenvalue weighted by atomic mass is 79.9. The third kappa shape index (κ3) is 3.57. The van der Waals surface area contributed by atoms with Crippen LogP contribution in [0.3, 0.4) is 0 Å². The third-order valence-corrected chi connectivity index (χ3v) is 5.43. The summed E-state index contributed by atoms with van der Waals surface area (Å²) >= 11 is 3.56. The van der Waals surface area contributed by atoms with E-state index in [-0.39, 0.29) is 0 Å². The maximum absolute atomic E-state index is 10.8. The van der Waals surface area contributed by atoms with Crippen molar-refractivity contribution in [2.24, 2.45) is 0 Å². The summed E-state index contributed by atoms with van der Waals surface area (Å²) in [6.45, 7) is 8.79. The lowest BCUT2D eigenvalue weighted by Crippen LogP contribution is -1.95. The Bertz CT molecular complexity index is 925. The molecule has 1 N–H and O–H groups in total. The van der Waals surface area contributed by atoms with Crippen molar-refractivity contribution in [1.82, 2.24) is 0 Å². The van der Waals surface area contributed by atoms with E-state index in [1.54, 1.807) is 0 Å². The Morgan fingerprint density at radius 1 is 0.692 bits per heavy atom. The summed E-state index contributed by atoms with van der Waals surface area (Å²) < 4.78 is 0.724. The predicted octanol–water partition coefficient (Wildman–Crippen LogP) is 7.74. The van der Waals surface area contributed by atoms with Crippen LogP contribution < -0.4 is 0 Å². The minimum absolute atomic E-state index is 0.295. The van der Waals surface area contributed by atoms with Crippen LogP contribution in [-0.4, -0.2) is 5.11 Å². The van der Waals surface area contributed by atoms with E-state index in [0.717, 1.165) is 21.2 Å². The first-order valence-electron chi connectivity index (χ1n) is 9.11. The van der Waals surface area contributed by atoms with Crippen LogP contribution in [0.25, 0.3) is 22.3 Å². The fourth-order valence-corrected chi connectivity index (χ4v) is 3.93. The van der Waals surface area contributed by atoms with Gasteiger partial charge in [0.2, 0.25) is 0 Å². The largest absolute Gasteiger partial charge is 0.506 e. The average molecular weight is 409 g/mol. The fourth-order valence-electron chi connectivity index (χ4n) is 3.47. The summed E-state index contributed by atoms with van der Waals surface area (Å²) in [5.74, 6) is 1.12. The molecule has 3 rings (SSSR count). The van der Waals surface area contributed by atoms with Crippen LogP contribution in [0.2, 0.25) is 0 Å². The van der Waals surface area contributed by atoms with Gasteiger partial charge >= 0.3 is 0 Å². The quantitative estimate of drug-likeness (QED) is 0.467. The van der Waals surface area contributed by atoms with E-state index in [0.29, 0.717) is 17.6 Å². The molecule has 0 heterocycles. The van der Waals surface area contributed by atoms with Gasteiger partial charge < -0.3 is 5.11 Å². The molecule has 0 spiro atoms. The molecule has 0 atom stereocenters. The number of hydrogen-bond acceptors (Lipinski definition) is 1. The van der Waals surface area contributed by atoms with Gasteiger partial charge in [-0.25, -0.2) is 0 Å². The smallest absolute Gasteiger partial charge is 0.137 e. The topological polar surface area (TPSA) is 20.2 Å². The van der Waals surface area contributed by atoms with Crippen molar-refractivity contribution in [1.29, 1.82) is 0 Å². The van der Waals surface area contributed by atoms with Gasteiger partial charge in [0.05, 0.1) is 4.47 Å². The van der Waals surface area contributed by atoms with Gasteiger partial charge in [-0.2, -0.15) is 0 Å². The zero-order valence-electron chi connectivity index (χ0n) is 15.8. The SMILES string of the molecule is CC(C)c1ccccc1-c1cc(Br)c(O)c(-c2ccccc2C(C)C)c1. The van der Waals surface area contributed by atoms with Crippen LogP contribution in [0.1, 0.15) is 50.7 Å². The van der Waals surface area contributed by atoms with E-state index in [4.69, 9.17) is 0 Å². The first-order chi connectivity index (χ1) is 12.4. The first-order valence-corrected chi connectivity index (χ1v) is 9.90. The Balaban J connectivity index is 2.26. The van der Waals surface area contributed by atoms with E-state index in [9.17, 15) is 5.11 Å². The van der Waals surface area contributed by atoms with Gasteiger partial charge in [-0.3, -0.25) is 0 Å². The lowest BCUT2D eigenvalue weighted by Gasteiger charge is -2.18. The van der Waals surface area contributed by atoms with Gasteiger partial charge in [-0.15, -0.1) is 0 Å². The molecule has 3 aromatic rings. The molecule has 0 aliphatic heterocycles. The third-order valence-electron chi connectivity index (χ3n) is 4.83. The summed E-state index contributed by atoms with van der Waals surface area (Å²) in [5.41, 5.74) is 6.85. The molecule has 26 heavy (non-hydrogen) atoms. The molecule has 0 unspecified atom stereocenters. The summed E-state index contributed by atoms with van der Waals surface area (Å²) in [4.78, 5) is 0. The normalized spacial score (nSPS) is 11.3. The van der Waals surface area contributed by atoms with Crippen LogP contribution in [0.5, 0.6) is 5.75 Å². The number of hydrogen-bond donors (Lipinski definition) is 1. The van der Waals surface area contributed by atoms with E-state index in [1.165, 1.54) is 16.7 Å². The average Bonchev–Trinajstić information content (AvgIpc) is 2.63. The van der Waals surface area contributed by atoms with Gasteiger partial charge in [0.1, 0.15) is 5.75 Å². The van der Waals surface area contributed by atoms with E-state index < -0.39 is 0 Å². The lowest BCUT2D eigenvalue weighted by molar-refractivity contribution is 0.474. The summed E-state index contributed by atoms with van der Waals surface area (Å²) in [7, 11) is 0. The zero-order chi connectivity index (χ0) is 18.8. The molecule has 1 nitrogen and oxygen atoms in total.